The van der Waals surface area contributed by atoms with E-state index in [1.165, 1.54) is 44.2 Å². The van der Waals surface area contributed by atoms with Gasteiger partial charge in [-0.3, -0.25) is 0 Å². The first-order chi connectivity index (χ1) is 8.32. The fourth-order valence-corrected chi connectivity index (χ4v) is 3.42. The van der Waals surface area contributed by atoms with Crippen molar-refractivity contribution in [1.29, 1.82) is 0 Å². The molecule has 0 radical (unpaired) electrons. The molecule has 94 valence electrons. The smallest absolute Gasteiger partial charge is 0.0399 e. The average Bonchev–Trinajstić information content (AvgIpc) is 2.42. The minimum absolute atomic E-state index is 0.425. The molecule has 2 rings (SSSR count). The molecule has 17 heavy (non-hydrogen) atoms. The Labute approximate surface area is 106 Å². The van der Waals surface area contributed by atoms with Gasteiger partial charge in [0, 0.05) is 17.8 Å². The number of rotatable bonds is 4. The van der Waals surface area contributed by atoms with Crippen molar-refractivity contribution < 1.29 is 0 Å². The third kappa shape index (κ3) is 2.48. The Morgan fingerprint density at radius 1 is 1.00 bits per heavy atom. The van der Waals surface area contributed by atoms with E-state index in [2.05, 4.69) is 49.1 Å². The normalized spacial score (nSPS) is 18.9. The van der Waals surface area contributed by atoms with Crippen molar-refractivity contribution in [3.63, 3.8) is 0 Å². The maximum Gasteiger partial charge on any atom is 0.0399 e. The molecule has 0 aromatic heterocycles. The van der Waals surface area contributed by atoms with Gasteiger partial charge in [0.25, 0.3) is 0 Å². The Morgan fingerprint density at radius 3 is 2.18 bits per heavy atom. The van der Waals surface area contributed by atoms with Crippen LogP contribution in [0.4, 0.5) is 5.69 Å². The summed E-state index contributed by atoms with van der Waals surface area (Å²) in [6.07, 6.45) is 8.23. The van der Waals surface area contributed by atoms with E-state index < -0.39 is 0 Å². The number of anilines is 1. The number of hydrogen-bond acceptors (Lipinski definition) is 1. The molecule has 0 amide bonds. The Bertz CT molecular complexity index is 325. The van der Waals surface area contributed by atoms with Crippen molar-refractivity contribution in [2.75, 3.05) is 11.4 Å². The van der Waals surface area contributed by atoms with Gasteiger partial charge < -0.3 is 4.90 Å². The van der Waals surface area contributed by atoms with E-state index in [9.17, 15) is 0 Å². The topological polar surface area (TPSA) is 3.24 Å². The van der Waals surface area contributed by atoms with Crippen molar-refractivity contribution in [1.82, 2.24) is 0 Å². The summed E-state index contributed by atoms with van der Waals surface area (Å²) in [5.74, 6) is 0. The molecule has 0 heterocycles. The Balaban J connectivity index is 2.26. The predicted octanol–water partition coefficient (Wildman–Crippen LogP) is 4.63. The molecule has 0 atom stereocenters. The van der Waals surface area contributed by atoms with Crippen molar-refractivity contribution in [3.05, 3.63) is 30.3 Å². The third-order valence-corrected chi connectivity index (χ3v) is 4.40. The summed E-state index contributed by atoms with van der Waals surface area (Å²) in [5.41, 5.74) is 1.83. The van der Waals surface area contributed by atoms with Gasteiger partial charge in [0.15, 0.2) is 0 Å². The molecule has 1 aromatic carbocycles. The van der Waals surface area contributed by atoms with Crippen molar-refractivity contribution in [3.8, 4) is 0 Å². The molecule has 0 spiro atoms. The highest BCUT2D eigenvalue weighted by Gasteiger charge is 2.35. The van der Waals surface area contributed by atoms with E-state index in [4.69, 9.17) is 0 Å². The molecule has 1 nitrogen and oxygen atoms in total. The van der Waals surface area contributed by atoms with E-state index in [1.54, 1.807) is 0 Å². The summed E-state index contributed by atoms with van der Waals surface area (Å²) in [6, 6.07) is 10.9. The molecule has 0 unspecified atom stereocenters. The summed E-state index contributed by atoms with van der Waals surface area (Å²) in [5, 5.41) is 0. The number of hydrogen-bond donors (Lipinski definition) is 0. The van der Waals surface area contributed by atoms with Gasteiger partial charge in [-0.1, -0.05) is 44.4 Å². The summed E-state index contributed by atoms with van der Waals surface area (Å²) >= 11 is 0. The second-order valence-corrected chi connectivity index (χ2v) is 5.22. The molecule has 1 aliphatic rings. The summed E-state index contributed by atoms with van der Waals surface area (Å²) in [6.45, 7) is 5.77. The molecule has 0 aliphatic heterocycles. The minimum atomic E-state index is 0.425. The highest BCUT2D eigenvalue weighted by Crippen LogP contribution is 2.38. The average molecular weight is 231 g/mol. The van der Waals surface area contributed by atoms with Crippen LogP contribution in [0.3, 0.4) is 0 Å². The summed E-state index contributed by atoms with van der Waals surface area (Å²) < 4.78 is 0. The van der Waals surface area contributed by atoms with Gasteiger partial charge in [0.1, 0.15) is 0 Å². The molecule has 0 saturated heterocycles. The first-order valence-corrected chi connectivity index (χ1v) is 7.15. The van der Waals surface area contributed by atoms with Crippen LogP contribution in [-0.4, -0.2) is 12.1 Å². The molecule has 1 saturated carbocycles. The number of para-hydroxylation sites is 1. The van der Waals surface area contributed by atoms with Gasteiger partial charge in [0.05, 0.1) is 0 Å². The molecule has 1 aliphatic carbocycles. The maximum absolute atomic E-state index is 2.64. The van der Waals surface area contributed by atoms with Gasteiger partial charge in [-0.15, -0.1) is 0 Å². The number of benzene rings is 1. The zero-order chi connectivity index (χ0) is 12.1. The van der Waals surface area contributed by atoms with Crippen molar-refractivity contribution >= 4 is 5.69 Å². The Morgan fingerprint density at radius 2 is 1.65 bits per heavy atom. The van der Waals surface area contributed by atoms with E-state index >= 15 is 0 Å². The fraction of sp³-hybridized carbons (Fsp3) is 0.625. The summed E-state index contributed by atoms with van der Waals surface area (Å²) in [4.78, 5) is 2.64. The number of nitrogens with zero attached hydrogens (tertiary/aromatic N) is 1. The Kier molecular flexibility index (Phi) is 4.09. The second-order valence-electron chi connectivity index (χ2n) is 5.22. The van der Waals surface area contributed by atoms with Crippen molar-refractivity contribution in [2.24, 2.45) is 0 Å². The molecule has 1 fully saturated rings. The molecular formula is C16H25N. The molecule has 0 bridgehead atoms. The molecular weight excluding hydrogens is 206 g/mol. The van der Waals surface area contributed by atoms with Crippen LogP contribution in [0.25, 0.3) is 0 Å². The SMILES string of the molecule is CCN(c1ccccc1)C1(CC)CCCCC1. The van der Waals surface area contributed by atoms with Crippen LogP contribution in [0.2, 0.25) is 0 Å². The van der Waals surface area contributed by atoms with Gasteiger partial charge >= 0.3 is 0 Å². The lowest BCUT2D eigenvalue weighted by Crippen LogP contribution is -2.50. The molecule has 1 heteroatoms. The quantitative estimate of drug-likeness (QED) is 0.730. The van der Waals surface area contributed by atoms with Crippen LogP contribution in [0.1, 0.15) is 52.4 Å². The standard InChI is InChI=1S/C16H25N/c1-3-16(13-9-6-10-14-16)17(4-2)15-11-7-5-8-12-15/h5,7-8,11-12H,3-4,6,9-10,13-14H2,1-2H3. The zero-order valence-corrected chi connectivity index (χ0v) is 11.3. The minimum Gasteiger partial charge on any atom is -0.366 e. The van der Waals surface area contributed by atoms with Crippen LogP contribution in [0.5, 0.6) is 0 Å². The highest BCUT2D eigenvalue weighted by molar-refractivity contribution is 5.49. The van der Waals surface area contributed by atoms with Gasteiger partial charge in [0.2, 0.25) is 0 Å². The van der Waals surface area contributed by atoms with Crippen molar-refractivity contribution in [2.45, 2.75) is 57.9 Å². The first kappa shape index (κ1) is 12.5. The van der Waals surface area contributed by atoms with Crippen LogP contribution in [0, 0.1) is 0 Å². The lowest BCUT2D eigenvalue weighted by atomic mass is 9.78. The van der Waals surface area contributed by atoms with Crippen LogP contribution < -0.4 is 4.90 Å². The highest BCUT2D eigenvalue weighted by atomic mass is 15.2. The van der Waals surface area contributed by atoms with E-state index in [1.807, 2.05) is 0 Å². The lowest BCUT2D eigenvalue weighted by Gasteiger charge is -2.47. The van der Waals surface area contributed by atoms with Gasteiger partial charge in [-0.05, 0) is 38.3 Å². The van der Waals surface area contributed by atoms with E-state index in [0.717, 1.165) is 6.54 Å². The first-order valence-electron chi connectivity index (χ1n) is 7.15. The Hall–Kier alpha value is -0.980. The maximum atomic E-state index is 2.64. The van der Waals surface area contributed by atoms with Crippen LogP contribution >= 0.6 is 0 Å². The summed E-state index contributed by atoms with van der Waals surface area (Å²) in [7, 11) is 0. The second kappa shape index (κ2) is 5.57. The monoisotopic (exact) mass is 231 g/mol. The molecule has 0 N–H and O–H groups in total. The largest absolute Gasteiger partial charge is 0.366 e. The molecule has 1 aromatic rings. The van der Waals surface area contributed by atoms with Crippen LogP contribution in [-0.2, 0) is 0 Å². The van der Waals surface area contributed by atoms with Gasteiger partial charge in [-0.2, -0.15) is 0 Å². The van der Waals surface area contributed by atoms with Gasteiger partial charge in [-0.25, -0.2) is 0 Å². The van der Waals surface area contributed by atoms with Crippen LogP contribution in [0.15, 0.2) is 30.3 Å². The third-order valence-electron chi connectivity index (χ3n) is 4.40. The lowest BCUT2D eigenvalue weighted by molar-refractivity contribution is 0.267. The van der Waals surface area contributed by atoms with E-state index in [-0.39, 0.29) is 0 Å². The fourth-order valence-electron chi connectivity index (χ4n) is 3.42. The van der Waals surface area contributed by atoms with E-state index in [0.29, 0.717) is 5.54 Å². The zero-order valence-electron chi connectivity index (χ0n) is 11.3. The predicted molar refractivity (Wildman–Crippen MR) is 75.6 cm³/mol.